The smallest absolute Gasteiger partial charge is 0.119 e. The molecule has 0 aromatic carbocycles. The fourth-order valence-electron chi connectivity index (χ4n) is 0.935. The first-order chi connectivity index (χ1) is 5.77. The van der Waals surface area contributed by atoms with E-state index in [-0.39, 0.29) is 6.04 Å². The van der Waals surface area contributed by atoms with Gasteiger partial charge in [-0.15, -0.1) is 0 Å². The summed E-state index contributed by atoms with van der Waals surface area (Å²) >= 11 is 0. The van der Waals surface area contributed by atoms with Crippen molar-refractivity contribution in [3.8, 4) is 6.07 Å². The van der Waals surface area contributed by atoms with E-state index in [1.165, 1.54) is 0 Å². The van der Waals surface area contributed by atoms with Gasteiger partial charge in [-0.05, 0) is 13.5 Å². The molecule has 0 amide bonds. The van der Waals surface area contributed by atoms with Crippen molar-refractivity contribution in [2.75, 3.05) is 6.54 Å². The molecule has 1 unspecified atom stereocenters. The van der Waals surface area contributed by atoms with Crippen molar-refractivity contribution in [2.24, 2.45) is 5.73 Å². The van der Waals surface area contributed by atoms with Crippen LogP contribution in [0.2, 0.25) is 0 Å². The molecule has 0 aliphatic carbocycles. The topological polar surface area (TPSA) is 67.6 Å². The molecule has 2 N–H and O–H groups in total. The summed E-state index contributed by atoms with van der Waals surface area (Å²) in [6.45, 7) is 2.42. The second kappa shape index (κ2) is 3.88. The van der Waals surface area contributed by atoms with Crippen LogP contribution in [0.3, 0.4) is 0 Å². The summed E-state index contributed by atoms with van der Waals surface area (Å²) in [5.41, 5.74) is 6.31. The number of hydrogen-bond donors (Lipinski definition) is 1. The number of nitriles is 1. The highest BCUT2D eigenvalue weighted by Gasteiger charge is 2.03. The molecule has 1 aromatic heterocycles. The maximum Gasteiger partial charge on any atom is 0.119 e. The highest BCUT2D eigenvalue weighted by atomic mass is 15.1. The Hall–Kier alpha value is -1.34. The predicted molar refractivity (Wildman–Crippen MR) is 45.3 cm³/mol. The molecule has 0 aliphatic rings. The van der Waals surface area contributed by atoms with Crippen LogP contribution >= 0.6 is 0 Å². The van der Waals surface area contributed by atoms with E-state index in [9.17, 15) is 0 Å². The lowest BCUT2D eigenvalue weighted by atomic mass is 10.3. The molecule has 0 radical (unpaired) electrons. The molecule has 1 atom stereocenters. The van der Waals surface area contributed by atoms with Crippen LogP contribution in [0.4, 0.5) is 0 Å². The lowest BCUT2D eigenvalue weighted by Crippen LogP contribution is -2.03. The van der Waals surface area contributed by atoms with Gasteiger partial charge in [-0.3, -0.25) is 0 Å². The van der Waals surface area contributed by atoms with Gasteiger partial charge in [0.1, 0.15) is 6.04 Å². The molecular weight excluding hydrogens is 152 g/mol. The van der Waals surface area contributed by atoms with Crippen LogP contribution < -0.4 is 5.73 Å². The maximum absolute atomic E-state index is 8.60. The van der Waals surface area contributed by atoms with Gasteiger partial charge in [-0.2, -0.15) is 5.26 Å². The Kier molecular flexibility index (Phi) is 2.83. The Morgan fingerprint density at radius 3 is 3.17 bits per heavy atom. The van der Waals surface area contributed by atoms with E-state index in [0.717, 1.165) is 12.1 Å². The van der Waals surface area contributed by atoms with Gasteiger partial charge in [-0.1, -0.05) is 0 Å². The van der Waals surface area contributed by atoms with Crippen molar-refractivity contribution in [1.29, 1.82) is 5.26 Å². The van der Waals surface area contributed by atoms with E-state index in [4.69, 9.17) is 11.0 Å². The minimum Gasteiger partial charge on any atom is -0.330 e. The van der Waals surface area contributed by atoms with Gasteiger partial charge in [0.25, 0.3) is 0 Å². The van der Waals surface area contributed by atoms with Gasteiger partial charge in [0.2, 0.25) is 0 Å². The molecule has 0 saturated carbocycles. The first-order valence-electron chi connectivity index (χ1n) is 3.90. The number of aromatic nitrogens is 2. The fourth-order valence-corrected chi connectivity index (χ4v) is 0.935. The van der Waals surface area contributed by atoms with E-state index >= 15 is 0 Å². The summed E-state index contributed by atoms with van der Waals surface area (Å²) in [6.07, 6.45) is 4.30. The van der Waals surface area contributed by atoms with E-state index in [1.54, 1.807) is 10.9 Å². The number of nitrogens with two attached hydrogens (primary N) is 1. The first-order valence-corrected chi connectivity index (χ1v) is 3.90. The third kappa shape index (κ3) is 1.83. The molecule has 1 rings (SSSR count). The average Bonchev–Trinajstić information content (AvgIpc) is 2.52. The van der Waals surface area contributed by atoms with E-state index < -0.39 is 0 Å². The van der Waals surface area contributed by atoms with E-state index in [1.807, 2.05) is 13.1 Å². The number of nitrogens with zero attached hydrogens (tertiary/aromatic N) is 3. The Labute approximate surface area is 71.6 Å². The van der Waals surface area contributed by atoms with Crippen molar-refractivity contribution in [3.05, 3.63) is 18.2 Å². The quantitative estimate of drug-likeness (QED) is 0.706. The molecule has 0 bridgehead atoms. The monoisotopic (exact) mass is 164 g/mol. The molecule has 0 spiro atoms. The van der Waals surface area contributed by atoms with Crippen LogP contribution in [-0.4, -0.2) is 16.1 Å². The number of imidazole rings is 1. The number of rotatable bonds is 3. The average molecular weight is 164 g/mol. The van der Waals surface area contributed by atoms with E-state index in [0.29, 0.717) is 6.54 Å². The van der Waals surface area contributed by atoms with Gasteiger partial charge in [0.15, 0.2) is 0 Å². The van der Waals surface area contributed by atoms with Crippen LogP contribution in [0.25, 0.3) is 0 Å². The van der Waals surface area contributed by atoms with Crippen LogP contribution in [0, 0.1) is 11.3 Å². The summed E-state index contributed by atoms with van der Waals surface area (Å²) in [4.78, 5) is 4.11. The van der Waals surface area contributed by atoms with Crippen molar-refractivity contribution >= 4 is 0 Å². The predicted octanol–water partition coefficient (Wildman–Crippen LogP) is 0.469. The molecule has 4 heteroatoms. The third-order valence-electron chi connectivity index (χ3n) is 1.69. The van der Waals surface area contributed by atoms with Crippen molar-refractivity contribution in [3.63, 3.8) is 0 Å². The summed E-state index contributed by atoms with van der Waals surface area (Å²) in [5.74, 6) is 0. The van der Waals surface area contributed by atoms with Crippen LogP contribution in [0.5, 0.6) is 0 Å². The minimum atomic E-state index is -0.149. The lowest BCUT2D eigenvalue weighted by molar-refractivity contribution is 0.671. The zero-order chi connectivity index (χ0) is 8.97. The van der Waals surface area contributed by atoms with E-state index in [2.05, 4.69) is 11.1 Å². The molecule has 1 heterocycles. The van der Waals surface area contributed by atoms with Gasteiger partial charge in [0, 0.05) is 12.6 Å². The molecule has 0 saturated heterocycles. The highest BCUT2D eigenvalue weighted by Crippen LogP contribution is 2.05. The highest BCUT2D eigenvalue weighted by molar-refractivity contribution is 5.01. The largest absolute Gasteiger partial charge is 0.330 e. The maximum atomic E-state index is 8.60. The fraction of sp³-hybridized carbons (Fsp3) is 0.500. The Bertz CT molecular complexity index is 283. The summed E-state index contributed by atoms with van der Waals surface area (Å²) < 4.78 is 1.78. The zero-order valence-corrected chi connectivity index (χ0v) is 7.07. The van der Waals surface area contributed by atoms with Crippen LogP contribution in [-0.2, 0) is 6.42 Å². The standard InChI is InChI=1S/C8H12N4/c1-7(4-10)12-5-8(2-3-9)11-6-12/h5-7H,2-3,9H2,1H3. The van der Waals surface area contributed by atoms with Crippen LogP contribution in [0.1, 0.15) is 18.7 Å². The minimum absolute atomic E-state index is 0.149. The van der Waals surface area contributed by atoms with Gasteiger partial charge in [0.05, 0.1) is 18.1 Å². The molecule has 1 aromatic rings. The first kappa shape index (κ1) is 8.75. The Balaban J connectivity index is 2.71. The Morgan fingerprint density at radius 2 is 2.58 bits per heavy atom. The summed E-state index contributed by atoms with van der Waals surface area (Å²) in [6, 6.07) is 1.98. The molecule has 4 nitrogen and oxygen atoms in total. The lowest BCUT2D eigenvalue weighted by Gasteiger charge is -2.00. The molecular formula is C8H12N4. The molecule has 0 aliphatic heterocycles. The number of hydrogen-bond acceptors (Lipinski definition) is 3. The molecule has 0 fully saturated rings. The SMILES string of the molecule is CC(C#N)n1cnc(CCN)c1. The normalized spacial score (nSPS) is 12.4. The van der Waals surface area contributed by atoms with Gasteiger partial charge < -0.3 is 10.3 Å². The van der Waals surface area contributed by atoms with Crippen LogP contribution in [0.15, 0.2) is 12.5 Å². The summed E-state index contributed by atoms with van der Waals surface area (Å²) in [5, 5.41) is 8.60. The third-order valence-corrected chi connectivity index (χ3v) is 1.69. The molecule has 64 valence electrons. The van der Waals surface area contributed by atoms with Crippen molar-refractivity contribution < 1.29 is 0 Å². The van der Waals surface area contributed by atoms with Crippen molar-refractivity contribution in [1.82, 2.24) is 9.55 Å². The van der Waals surface area contributed by atoms with Crippen molar-refractivity contribution in [2.45, 2.75) is 19.4 Å². The molecule has 12 heavy (non-hydrogen) atoms. The summed E-state index contributed by atoms with van der Waals surface area (Å²) in [7, 11) is 0. The second-order valence-corrected chi connectivity index (χ2v) is 2.66. The van der Waals surface area contributed by atoms with Gasteiger partial charge >= 0.3 is 0 Å². The zero-order valence-electron chi connectivity index (χ0n) is 7.07. The van der Waals surface area contributed by atoms with Gasteiger partial charge in [-0.25, -0.2) is 4.98 Å². The Morgan fingerprint density at radius 1 is 1.83 bits per heavy atom. The second-order valence-electron chi connectivity index (χ2n) is 2.66.